The molecule has 0 aromatic heterocycles. The first-order valence-corrected chi connectivity index (χ1v) is 9.92. The zero-order chi connectivity index (χ0) is 18.2. The Hall–Kier alpha value is -1.77. The topological polar surface area (TPSA) is 49.3 Å². The van der Waals surface area contributed by atoms with Crippen LogP contribution in [0.5, 0.6) is 0 Å². The van der Waals surface area contributed by atoms with Crippen molar-refractivity contribution in [2.75, 3.05) is 11.9 Å². The van der Waals surface area contributed by atoms with Crippen LogP contribution in [0.4, 0.5) is 5.69 Å². The highest BCUT2D eigenvalue weighted by Gasteiger charge is 1.99. The van der Waals surface area contributed by atoms with Crippen LogP contribution < -0.4 is 5.32 Å². The van der Waals surface area contributed by atoms with Crippen molar-refractivity contribution in [3.63, 3.8) is 0 Å². The molecule has 1 rings (SSSR count). The molecule has 3 nitrogen and oxygen atoms in total. The molecule has 1 aromatic carbocycles. The summed E-state index contributed by atoms with van der Waals surface area (Å²) >= 11 is 0. The Morgan fingerprint density at radius 1 is 0.920 bits per heavy atom. The molecule has 0 heterocycles. The van der Waals surface area contributed by atoms with Gasteiger partial charge in [0.15, 0.2) is 0 Å². The van der Waals surface area contributed by atoms with Gasteiger partial charge in [0.05, 0.1) is 6.42 Å². The third-order valence-electron chi connectivity index (χ3n) is 4.33. The predicted octanol–water partition coefficient (Wildman–Crippen LogP) is 6.20. The van der Waals surface area contributed by atoms with Crippen molar-refractivity contribution in [3.05, 3.63) is 42.0 Å². The average Bonchev–Trinajstić information content (AvgIpc) is 2.60. The molecule has 0 saturated carbocycles. The minimum absolute atomic E-state index is 0.0871. The van der Waals surface area contributed by atoms with Gasteiger partial charge in [0.1, 0.15) is 0 Å². The molecule has 3 heteroatoms. The van der Waals surface area contributed by atoms with Gasteiger partial charge in [-0.3, -0.25) is 4.79 Å². The van der Waals surface area contributed by atoms with E-state index in [4.69, 9.17) is 5.11 Å². The average molecular weight is 346 g/mol. The molecule has 0 saturated heterocycles. The molecule has 1 aromatic rings. The van der Waals surface area contributed by atoms with Crippen molar-refractivity contribution in [3.8, 4) is 0 Å². The molecule has 0 atom stereocenters. The lowest BCUT2D eigenvalue weighted by Crippen LogP contribution is -2.02. The van der Waals surface area contributed by atoms with Gasteiger partial charge in [-0.1, -0.05) is 69.7 Å². The first kappa shape index (κ1) is 21.3. The first-order valence-electron chi connectivity index (χ1n) is 9.92. The monoisotopic (exact) mass is 345 g/mol. The minimum atomic E-state index is -0.788. The molecule has 0 fully saturated rings. The van der Waals surface area contributed by atoms with Crippen LogP contribution >= 0.6 is 0 Å². The number of aliphatic carboxylic acids is 1. The Morgan fingerprint density at radius 2 is 1.52 bits per heavy atom. The molecule has 2 N–H and O–H groups in total. The summed E-state index contributed by atoms with van der Waals surface area (Å²) in [6.07, 6.45) is 17.8. The van der Waals surface area contributed by atoms with Crippen LogP contribution in [0.2, 0.25) is 0 Å². The molecule has 0 aliphatic heterocycles. The van der Waals surface area contributed by atoms with E-state index in [-0.39, 0.29) is 6.42 Å². The molecule has 0 unspecified atom stereocenters. The summed E-state index contributed by atoms with van der Waals surface area (Å²) in [4.78, 5) is 10.6. The highest BCUT2D eigenvalue weighted by Crippen LogP contribution is 2.11. The van der Waals surface area contributed by atoms with Crippen LogP contribution in [0.15, 0.2) is 36.4 Å². The predicted molar refractivity (Wildman–Crippen MR) is 107 cm³/mol. The molecule has 0 aliphatic carbocycles. The molecule has 140 valence electrons. The van der Waals surface area contributed by atoms with E-state index in [1.165, 1.54) is 51.4 Å². The smallest absolute Gasteiger partial charge is 0.307 e. The summed E-state index contributed by atoms with van der Waals surface area (Å²) in [6, 6.07) is 7.65. The van der Waals surface area contributed by atoms with Gasteiger partial charge in [0, 0.05) is 12.2 Å². The van der Waals surface area contributed by atoms with E-state index in [9.17, 15) is 4.79 Å². The van der Waals surface area contributed by atoms with E-state index in [1.54, 1.807) is 0 Å². The Balaban J connectivity index is 1.96. The zero-order valence-corrected chi connectivity index (χ0v) is 15.8. The van der Waals surface area contributed by atoms with Gasteiger partial charge in [-0.05, 0) is 43.4 Å². The largest absolute Gasteiger partial charge is 0.481 e. The third kappa shape index (κ3) is 12.3. The number of unbranched alkanes of at least 4 members (excludes halogenated alkanes) is 8. The summed E-state index contributed by atoms with van der Waals surface area (Å²) in [7, 11) is 0. The van der Waals surface area contributed by atoms with E-state index >= 15 is 0 Å². The number of carboxylic acid groups (broad SMARTS) is 1. The van der Waals surface area contributed by atoms with Crippen LogP contribution in [0, 0.1) is 0 Å². The van der Waals surface area contributed by atoms with Crippen molar-refractivity contribution in [2.24, 2.45) is 0 Å². The molecule has 0 amide bonds. The number of carbonyl (C=O) groups is 1. The van der Waals surface area contributed by atoms with E-state index in [2.05, 4.69) is 24.4 Å². The van der Waals surface area contributed by atoms with Gasteiger partial charge in [0.2, 0.25) is 0 Å². The van der Waals surface area contributed by atoms with Crippen molar-refractivity contribution >= 4 is 11.7 Å². The van der Waals surface area contributed by atoms with E-state index in [1.807, 2.05) is 24.3 Å². The van der Waals surface area contributed by atoms with Crippen molar-refractivity contribution < 1.29 is 9.90 Å². The quantitative estimate of drug-likeness (QED) is 0.294. The molecule has 25 heavy (non-hydrogen) atoms. The van der Waals surface area contributed by atoms with Gasteiger partial charge in [-0.2, -0.15) is 0 Å². The van der Waals surface area contributed by atoms with Crippen molar-refractivity contribution in [2.45, 2.75) is 77.6 Å². The molecular weight excluding hydrogens is 310 g/mol. The van der Waals surface area contributed by atoms with Gasteiger partial charge in [0.25, 0.3) is 0 Å². The summed E-state index contributed by atoms with van der Waals surface area (Å²) in [5.74, 6) is -0.788. The molecule has 0 radical (unpaired) electrons. The molecule has 0 bridgehead atoms. The second-order valence-corrected chi connectivity index (χ2v) is 6.72. The maximum absolute atomic E-state index is 10.6. The summed E-state index contributed by atoms with van der Waals surface area (Å²) in [5.41, 5.74) is 1.90. The highest BCUT2D eigenvalue weighted by atomic mass is 16.4. The first-order chi connectivity index (χ1) is 12.2. The standard InChI is InChI=1S/C22H35NO2/c1-2-3-4-5-6-7-8-9-10-11-12-13-18-23-21-16-14-20(15-17-21)19-22(24)25/h10-11,14-17,23H,2-9,12-13,18-19H2,1H3,(H,24,25). The number of carboxylic acids is 1. The Labute approximate surface area is 153 Å². The molecule has 0 spiro atoms. The number of rotatable bonds is 15. The second kappa shape index (κ2) is 14.6. The Bertz CT molecular complexity index is 479. The zero-order valence-electron chi connectivity index (χ0n) is 15.8. The lowest BCUT2D eigenvalue weighted by molar-refractivity contribution is -0.136. The third-order valence-corrected chi connectivity index (χ3v) is 4.33. The summed E-state index contributed by atoms with van der Waals surface area (Å²) in [6.45, 7) is 3.21. The van der Waals surface area contributed by atoms with Crippen LogP contribution in [-0.2, 0) is 11.2 Å². The lowest BCUT2D eigenvalue weighted by atomic mass is 10.1. The number of anilines is 1. The van der Waals surface area contributed by atoms with Gasteiger partial charge < -0.3 is 10.4 Å². The van der Waals surface area contributed by atoms with Gasteiger partial charge >= 0.3 is 5.97 Å². The normalized spacial score (nSPS) is 11.1. The number of nitrogens with one attached hydrogen (secondary N) is 1. The Morgan fingerprint density at radius 3 is 2.16 bits per heavy atom. The van der Waals surface area contributed by atoms with Crippen LogP contribution in [-0.4, -0.2) is 17.6 Å². The van der Waals surface area contributed by atoms with E-state index < -0.39 is 5.97 Å². The number of hydrogen-bond acceptors (Lipinski definition) is 2. The Kier molecular flexibility index (Phi) is 12.4. The fourth-order valence-corrected chi connectivity index (χ4v) is 2.82. The van der Waals surface area contributed by atoms with Gasteiger partial charge in [-0.15, -0.1) is 0 Å². The maximum Gasteiger partial charge on any atom is 0.307 e. The SMILES string of the molecule is CCCCCCCCCC=CCCCNc1ccc(CC(=O)O)cc1. The fraction of sp³-hybridized carbons (Fsp3) is 0.591. The van der Waals surface area contributed by atoms with E-state index in [0.717, 1.165) is 30.6 Å². The summed E-state index contributed by atoms with van der Waals surface area (Å²) in [5, 5.41) is 12.1. The number of hydrogen-bond donors (Lipinski definition) is 2. The lowest BCUT2D eigenvalue weighted by Gasteiger charge is -2.06. The number of benzene rings is 1. The van der Waals surface area contributed by atoms with Crippen LogP contribution in [0.3, 0.4) is 0 Å². The minimum Gasteiger partial charge on any atom is -0.481 e. The molecule has 0 aliphatic rings. The van der Waals surface area contributed by atoms with Gasteiger partial charge in [-0.25, -0.2) is 0 Å². The van der Waals surface area contributed by atoms with Crippen molar-refractivity contribution in [1.29, 1.82) is 0 Å². The van der Waals surface area contributed by atoms with Crippen molar-refractivity contribution in [1.82, 2.24) is 0 Å². The van der Waals surface area contributed by atoms with E-state index in [0.29, 0.717) is 0 Å². The van der Waals surface area contributed by atoms with Crippen LogP contribution in [0.25, 0.3) is 0 Å². The molecular formula is C22H35NO2. The van der Waals surface area contributed by atoms with Crippen LogP contribution in [0.1, 0.15) is 76.7 Å². The highest BCUT2D eigenvalue weighted by molar-refractivity contribution is 5.70. The summed E-state index contributed by atoms with van der Waals surface area (Å²) < 4.78 is 0. The second-order valence-electron chi connectivity index (χ2n) is 6.72. The maximum atomic E-state index is 10.6. The number of allylic oxidation sites excluding steroid dienone is 2. The fourth-order valence-electron chi connectivity index (χ4n) is 2.82.